The average molecular weight is 326 g/mol. The molecule has 0 saturated carbocycles. The Morgan fingerprint density at radius 2 is 2.10 bits per heavy atom. The maximum atomic E-state index is 13.7. The Bertz CT molecular complexity index is 852. The Kier molecular flexibility index (Phi) is 3.93. The van der Waals surface area contributed by atoms with E-state index in [-0.39, 0.29) is 16.1 Å². The zero-order valence-corrected chi connectivity index (χ0v) is 11.8. The van der Waals surface area contributed by atoms with Gasteiger partial charge in [0.05, 0.1) is 11.1 Å². The van der Waals surface area contributed by atoms with Crippen molar-refractivity contribution in [3.8, 4) is 6.07 Å². The highest BCUT2D eigenvalue weighted by atomic mass is 32.2. The molecule has 0 spiro atoms. The monoisotopic (exact) mass is 326 g/mol. The van der Waals surface area contributed by atoms with Crippen molar-refractivity contribution in [1.29, 1.82) is 5.26 Å². The lowest BCUT2D eigenvalue weighted by molar-refractivity contribution is 0.0696. The number of nitrogens with one attached hydrogen (secondary N) is 1. The van der Waals surface area contributed by atoms with Crippen LogP contribution >= 0.6 is 11.3 Å². The number of anilines is 1. The van der Waals surface area contributed by atoms with Gasteiger partial charge in [0.2, 0.25) is 0 Å². The van der Waals surface area contributed by atoms with E-state index in [0.717, 1.165) is 29.5 Å². The zero-order valence-electron chi connectivity index (χ0n) is 10.2. The number of hydrogen-bond donors (Lipinski definition) is 2. The maximum Gasteiger partial charge on any atom is 0.335 e. The number of carboxylic acids is 1. The summed E-state index contributed by atoms with van der Waals surface area (Å²) in [6.07, 6.45) is 0. The summed E-state index contributed by atoms with van der Waals surface area (Å²) in [6, 6.07) is 5.64. The minimum Gasteiger partial charge on any atom is -0.478 e. The smallest absolute Gasteiger partial charge is 0.335 e. The zero-order chi connectivity index (χ0) is 15.6. The Morgan fingerprint density at radius 1 is 1.38 bits per heavy atom. The maximum absolute atomic E-state index is 13.7. The summed E-state index contributed by atoms with van der Waals surface area (Å²) in [5.74, 6) is -2.46. The number of carboxylic acid groups (broad SMARTS) is 1. The fourth-order valence-electron chi connectivity index (χ4n) is 1.50. The van der Waals surface area contributed by atoms with Crippen molar-refractivity contribution in [2.75, 3.05) is 4.72 Å². The summed E-state index contributed by atoms with van der Waals surface area (Å²) in [4.78, 5) is 10.0. The summed E-state index contributed by atoms with van der Waals surface area (Å²) < 4.78 is 40.0. The molecule has 1 aromatic carbocycles. The van der Waals surface area contributed by atoms with Gasteiger partial charge in [0.25, 0.3) is 10.0 Å². The Morgan fingerprint density at radius 3 is 2.71 bits per heavy atom. The molecule has 1 aromatic heterocycles. The molecule has 2 rings (SSSR count). The predicted molar refractivity (Wildman–Crippen MR) is 73.2 cm³/mol. The Balaban J connectivity index is 2.47. The molecule has 9 heteroatoms. The molecule has 0 aliphatic carbocycles. The van der Waals surface area contributed by atoms with Crippen molar-refractivity contribution in [2.45, 2.75) is 4.90 Å². The minimum absolute atomic E-state index is 0.0395. The van der Waals surface area contributed by atoms with Crippen LogP contribution in [0.1, 0.15) is 15.9 Å². The van der Waals surface area contributed by atoms with Crippen LogP contribution in [0.5, 0.6) is 0 Å². The number of nitrogens with zero attached hydrogens (tertiary/aromatic N) is 1. The summed E-state index contributed by atoms with van der Waals surface area (Å²) in [6.45, 7) is 0. The van der Waals surface area contributed by atoms with Gasteiger partial charge in [0, 0.05) is 0 Å². The Labute approximate surface area is 123 Å². The molecule has 2 aromatic rings. The molecule has 0 radical (unpaired) electrons. The normalized spacial score (nSPS) is 10.9. The average Bonchev–Trinajstić information content (AvgIpc) is 2.85. The number of benzene rings is 1. The molecular formula is C12H7FN2O4S2. The molecular weight excluding hydrogens is 319 g/mol. The van der Waals surface area contributed by atoms with Gasteiger partial charge in [-0.1, -0.05) is 0 Å². The first-order valence-electron chi connectivity index (χ1n) is 5.38. The molecule has 21 heavy (non-hydrogen) atoms. The molecule has 0 unspecified atom stereocenters. The van der Waals surface area contributed by atoms with E-state index in [1.807, 2.05) is 0 Å². The van der Waals surface area contributed by atoms with Crippen molar-refractivity contribution < 1.29 is 22.7 Å². The molecule has 1 heterocycles. The van der Waals surface area contributed by atoms with Crippen LogP contribution in [0.15, 0.2) is 34.5 Å². The van der Waals surface area contributed by atoms with E-state index in [1.54, 1.807) is 6.07 Å². The van der Waals surface area contributed by atoms with Gasteiger partial charge in [-0.2, -0.15) is 5.26 Å². The minimum atomic E-state index is -4.33. The second kappa shape index (κ2) is 5.51. The predicted octanol–water partition coefficient (Wildman–Crippen LogP) is 2.26. The SMILES string of the molecule is N#Cc1ccsc1NS(=O)(=O)c1cc(C(=O)O)ccc1F. The quantitative estimate of drug-likeness (QED) is 0.896. The molecule has 0 aliphatic heterocycles. The fraction of sp³-hybridized carbons (Fsp3) is 0. The van der Waals surface area contributed by atoms with Crippen molar-refractivity contribution in [3.63, 3.8) is 0 Å². The largest absolute Gasteiger partial charge is 0.478 e. The molecule has 0 saturated heterocycles. The van der Waals surface area contributed by atoms with Crippen LogP contribution in [-0.2, 0) is 10.0 Å². The van der Waals surface area contributed by atoms with Crippen LogP contribution in [0.3, 0.4) is 0 Å². The number of sulfonamides is 1. The number of carbonyl (C=O) groups is 1. The number of nitriles is 1. The third-order valence-electron chi connectivity index (χ3n) is 2.48. The van der Waals surface area contributed by atoms with Crippen molar-refractivity contribution in [1.82, 2.24) is 0 Å². The highest BCUT2D eigenvalue weighted by Crippen LogP contribution is 2.26. The van der Waals surface area contributed by atoms with E-state index in [4.69, 9.17) is 10.4 Å². The lowest BCUT2D eigenvalue weighted by Crippen LogP contribution is -2.15. The first-order valence-corrected chi connectivity index (χ1v) is 7.74. The van der Waals surface area contributed by atoms with E-state index in [0.29, 0.717) is 0 Å². The topological polar surface area (TPSA) is 107 Å². The highest BCUT2D eigenvalue weighted by Gasteiger charge is 2.22. The van der Waals surface area contributed by atoms with Crippen molar-refractivity contribution in [2.24, 2.45) is 0 Å². The molecule has 0 amide bonds. The van der Waals surface area contributed by atoms with Gasteiger partial charge in [0.15, 0.2) is 0 Å². The standard InChI is InChI=1S/C12H7FN2O4S2/c13-9-2-1-7(12(16)17)5-10(9)21(18,19)15-11-8(6-14)3-4-20-11/h1-5,15H,(H,16,17). The second-order valence-corrected chi connectivity index (χ2v) is 6.40. The van der Waals surface area contributed by atoms with Gasteiger partial charge >= 0.3 is 5.97 Å². The van der Waals surface area contributed by atoms with Crippen LogP contribution in [0.25, 0.3) is 0 Å². The van der Waals surface area contributed by atoms with E-state index < -0.39 is 26.7 Å². The van der Waals surface area contributed by atoms with E-state index in [9.17, 15) is 17.6 Å². The van der Waals surface area contributed by atoms with Gasteiger partial charge in [-0.05, 0) is 29.6 Å². The molecule has 108 valence electrons. The summed E-state index contributed by atoms with van der Waals surface area (Å²) in [5, 5.41) is 19.2. The lowest BCUT2D eigenvalue weighted by Gasteiger charge is -2.08. The Hall–Kier alpha value is -2.44. The molecule has 0 fully saturated rings. The molecule has 0 aliphatic rings. The van der Waals surface area contributed by atoms with Gasteiger partial charge < -0.3 is 5.11 Å². The summed E-state index contributed by atoms with van der Waals surface area (Å²) >= 11 is 0.960. The summed E-state index contributed by atoms with van der Waals surface area (Å²) in [7, 11) is -4.33. The first kappa shape index (κ1) is 15.0. The highest BCUT2D eigenvalue weighted by molar-refractivity contribution is 7.93. The van der Waals surface area contributed by atoms with E-state index in [1.165, 1.54) is 11.4 Å². The molecule has 0 bridgehead atoms. The van der Waals surface area contributed by atoms with Gasteiger partial charge in [0.1, 0.15) is 21.8 Å². The van der Waals surface area contributed by atoms with Crippen molar-refractivity contribution in [3.05, 3.63) is 46.6 Å². The van der Waals surface area contributed by atoms with Crippen LogP contribution in [0, 0.1) is 17.1 Å². The number of aromatic carboxylic acids is 1. The van der Waals surface area contributed by atoms with Crippen LogP contribution in [0.4, 0.5) is 9.39 Å². The number of rotatable bonds is 4. The van der Waals surface area contributed by atoms with E-state index >= 15 is 0 Å². The third kappa shape index (κ3) is 3.01. The van der Waals surface area contributed by atoms with Crippen LogP contribution in [-0.4, -0.2) is 19.5 Å². The van der Waals surface area contributed by atoms with Crippen LogP contribution in [0.2, 0.25) is 0 Å². The fourth-order valence-corrected chi connectivity index (χ4v) is 3.67. The lowest BCUT2D eigenvalue weighted by atomic mass is 10.2. The molecule has 6 nitrogen and oxygen atoms in total. The van der Waals surface area contributed by atoms with Gasteiger partial charge in [-0.25, -0.2) is 17.6 Å². The van der Waals surface area contributed by atoms with Crippen molar-refractivity contribution >= 4 is 32.3 Å². The first-order chi connectivity index (χ1) is 9.85. The third-order valence-corrected chi connectivity index (χ3v) is 4.80. The van der Waals surface area contributed by atoms with Crippen LogP contribution < -0.4 is 4.72 Å². The molecule has 0 atom stereocenters. The number of thiophene rings is 1. The number of hydrogen-bond acceptors (Lipinski definition) is 5. The molecule has 2 N–H and O–H groups in total. The van der Waals surface area contributed by atoms with E-state index in [2.05, 4.69) is 4.72 Å². The van der Waals surface area contributed by atoms with Gasteiger partial charge in [-0.15, -0.1) is 11.3 Å². The summed E-state index contributed by atoms with van der Waals surface area (Å²) in [5.41, 5.74) is -0.262. The van der Waals surface area contributed by atoms with Gasteiger partial charge in [-0.3, -0.25) is 4.72 Å². The second-order valence-electron chi connectivity index (χ2n) is 3.83. The number of halogens is 1.